The van der Waals surface area contributed by atoms with E-state index >= 15 is 0 Å². The maximum absolute atomic E-state index is 11.4. The second-order valence-electron chi connectivity index (χ2n) is 2.24. The lowest BCUT2D eigenvalue weighted by molar-refractivity contribution is 0.277. The Kier molecular flexibility index (Phi) is 5.54. The van der Waals surface area contributed by atoms with Crippen LogP contribution in [0.15, 0.2) is 12.7 Å². The van der Waals surface area contributed by atoms with E-state index < -0.39 is 23.2 Å². The van der Waals surface area contributed by atoms with Gasteiger partial charge in [-0.15, -0.1) is 6.58 Å². The quantitative estimate of drug-likeness (QED) is 0.377. The molecule has 0 aliphatic rings. The monoisotopic (exact) mass is 244 g/mol. The van der Waals surface area contributed by atoms with Crippen LogP contribution in [-0.2, 0) is 27.9 Å². The van der Waals surface area contributed by atoms with Gasteiger partial charge in [0.1, 0.15) is 0 Å². The van der Waals surface area contributed by atoms with Crippen LogP contribution in [0.3, 0.4) is 0 Å². The van der Waals surface area contributed by atoms with Crippen molar-refractivity contribution >= 4 is 17.7 Å². The van der Waals surface area contributed by atoms with Gasteiger partial charge in [-0.25, -0.2) is 0 Å². The average molecular weight is 244 g/mol. The highest BCUT2D eigenvalue weighted by atomic mass is 32.2. The van der Waals surface area contributed by atoms with E-state index in [2.05, 4.69) is 19.8 Å². The van der Waals surface area contributed by atoms with Gasteiger partial charge in [-0.3, -0.25) is 8.75 Å². The second-order valence-corrected chi connectivity index (χ2v) is 6.57. The van der Waals surface area contributed by atoms with Crippen molar-refractivity contribution in [2.45, 2.75) is 0 Å². The normalized spacial score (nSPS) is 12.7. The summed E-state index contributed by atoms with van der Waals surface area (Å²) < 4.78 is 46.9. The zero-order chi connectivity index (χ0) is 11.2. The van der Waals surface area contributed by atoms with Crippen molar-refractivity contribution in [2.75, 3.05) is 26.3 Å². The van der Waals surface area contributed by atoms with E-state index in [1.165, 1.54) is 6.08 Å². The maximum Gasteiger partial charge on any atom is 0.347 e. The first-order chi connectivity index (χ1) is 6.39. The van der Waals surface area contributed by atoms with E-state index in [1.54, 1.807) is 0 Å². The molecule has 0 N–H and O–H groups in total. The largest absolute Gasteiger partial charge is 0.347 e. The molecule has 0 aromatic heterocycles. The Morgan fingerprint density at radius 1 is 1.36 bits per heavy atom. The van der Waals surface area contributed by atoms with Crippen LogP contribution in [0.1, 0.15) is 0 Å². The summed E-state index contributed by atoms with van der Waals surface area (Å²) in [5.41, 5.74) is -0.805. The minimum atomic E-state index is -3.91. The van der Waals surface area contributed by atoms with Crippen molar-refractivity contribution in [1.29, 1.82) is 0 Å². The van der Waals surface area contributed by atoms with Crippen LogP contribution in [0.2, 0.25) is 0 Å². The van der Waals surface area contributed by atoms with Crippen molar-refractivity contribution in [3.63, 3.8) is 0 Å². The average Bonchev–Trinajstić information content (AvgIpc) is 2.14. The molecule has 6 nitrogen and oxygen atoms in total. The third-order valence-electron chi connectivity index (χ3n) is 1.24. The van der Waals surface area contributed by atoms with Crippen molar-refractivity contribution in [3.05, 3.63) is 12.7 Å². The summed E-state index contributed by atoms with van der Waals surface area (Å²) in [7, 11) is -5.29. The fraction of sp³-hybridized carbons (Fsp3) is 0.667. The third kappa shape index (κ3) is 4.88. The minimum absolute atomic E-state index is 0.171. The number of rotatable bonds is 7. The molecule has 0 amide bonds. The molecule has 0 aromatic carbocycles. The van der Waals surface area contributed by atoms with Crippen molar-refractivity contribution in [1.82, 2.24) is 0 Å². The molecule has 84 valence electrons. The maximum atomic E-state index is 11.4. The molecule has 0 radical (unpaired) electrons. The summed E-state index contributed by atoms with van der Waals surface area (Å²) in [5.74, 6) is 0. The summed E-state index contributed by atoms with van der Waals surface area (Å²) in [4.78, 5) is 0. The van der Waals surface area contributed by atoms with Crippen LogP contribution in [0.4, 0.5) is 0 Å². The Labute approximate surface area is 83.5 Å². The predicted octanol–water partition coefficient (Wildman–Crippen LogP) is 0.962. The Morgan fingerprint density at radius 3 is 2.21 bits per heavy atom. The van der Waals surface area contributed by atoms with Crippen molar-refractivity contribution < 1.29 is 26.2 Å². The lowest BCUT2D eigenvalue weighted by Gasteiger charge is -2.12. The summed E-state index contributed by atoms with van der Waals surface area (Å²) in [6, 6.07) is 0. The molecule has 0 bridgehead atoms. The van der Waals surface area contributed by atoms with Gasteiger partial charge >= 0.3 is 7.60 Å². The van der Waals surface area contributed by atoms with Gasteiger partial charge in [-0.1, -0.05) is 6.08 Å². The van der Waals surface area contributed by atoms with Crippen LogP contribution in [0.25, 0.3) is 0 Å². The lowest BCUT2D eigenvalue weighted by Crippen LogP contribution is -2.12. The van der Waals surface area contributed by atoms with Gasteiger partial charge in [0.05, 0.1) is 6.61 Å². The first-order valence-corrected chi connectivity index (χ1v) is 6.88. The summed E-state index contributed by atoms with van der Waals surface area (Å²) in [6.07, 6.45) is 1.27. The molecule has 0 aliphatic carbocycles. The number of hydrogen-bond acceptors (Lipinski definition) is 6. The molecule has 14 heavy (non-hydrogen) atoms. The minimum Gasteiger partial charge on any atom is -0.311 e. The van der Waals surface area contributed by atoms with Gasteiger partial charge in [0, 0.05) is 14.2 Å². The fourth-order valence-corrected chi connectivity index (χ4v) is 3.71. The molecule has 0 heterocycles. The van der Waals surface area contributed by atoms with Crippen molar-refractivity contribution in [3.8, 4) is 0 Å². The van der Waals surface area contributed by atoms with Gasteiger partial charge < -0.3 is 9.05 Å². The SMILES string of the molecule is C=CCOS(=O)(=O)CP(=O)(OC)OC. The Hall–Kier alpha value is -0.200. The van der Waals surface area contributed by atoms with E-state index in [9.17, 15) is 13.0 Å². The molecule has 0 spiro atoms. The van der Waals surface area contributed by atoms with Gasteiger partial charge in [-0.2, -0.15) is 8.42 Å². The topological polar surface area (TPSA) is 78.9 Å². The summed E-state index contributed by atoms with van der Waals surface area (Å²) in [6.45, 7) is 3.11. The highest BCUT2D eigenvalue weighted by Gasteiger charge is 2.30. The standard InChI is InChI=1S/C6H13O6PS/c1-4-5-12-14(8,9)6-13(7,10-2)11-3/h4H,1,5-6H2,2-3H3. The fourth-order valence-electron chi connectivity index (χ4n) is 0.563. The predicted molar refractivity (Wildman–Crippen MR) is 51.6 cm³/mol. The van der Waals surface area contributed by atoms with Gasteiger partial charge in [0.15, 0.2) is 5.49 Å². The van der Waals surface area contributed by atoms with E-state index in [0.29, 0.717) is 0 Å². The van der Waals surface area contributed by atoms with Crippen LogP contribution >= 0.6 is 7.60 Å². The van der Waals surface area contributed by atoms with E-state index in [0.717, 1.165) is 14.2 Å². The van der Waals surface area contributed by atoms with Gasteiger partial charge in [0.2, 0.25) is 0 Å². The molecule has 0 aromatic rings. The van der Waals surface area contributed by atoms with Crippen LogP contribution in [0, 0.1) is 0 Å². The molecule has 0 atom stereocenters. The smallest absolute Gasteiger partial charge is 0.311 e. The second kappa shape index (κ2) is 5.63. The third-order valence-corrected chi connectivity index (χ3v) is 5.38. The van der Waals surface area contributed by atoms with Crippen LogP contribution in [-0.4, -0.2) is 34.7 Å². The van der Waals surface area contributed by atoms with Gasteiger partial charge in [0.25, 0.3) is 10.1 Å². The molecule has 0 saturated carbocycles. The molecule has 0 unspecified atom stereocenters. The highest BCUT2D eigenvalue weighted by molar-refractivity contribution is 7.93. The van der Waals surface area contributed by atoms with E-state index in [-0.39, 0.29) is 6.61 Å². The van der Waals surface area contributed by atoms with Crippen molar-refractivity contribution in [2.24, 2.45) is 0 Å². The summed E-state index contributed by atoms with van der Waals surface area (Å²) >= 11 is 0. The van der Waals surface area contributed by atoms with Crippen LogP contribution < -0.4 is 0 Å². The molecule has 0 fully saturated rings. The summed E-state index contributed by atoms with van der Waals surface area (Å²) in [5, 5.41) is 0. The van der Waals surface area contributed by atoms with Gasteiger partial charge in [-0.05, 0) is 0 Å². The Bertz CT molecular complexity index is 313. The first kappa shape index (κ1) is 13.8. The van der Waals surface area contributed by atoms with Crippen LogP contribution in [0.5, 0.6) is 0 Å². The zero-order valence-corrected chi connectivity index (χ0v) is 9.71. The molecule has 0 aliphatic heterocycles. The Morgan fingerprint density at radius 2 is 1.86 bits per heavy atom. The Balaban J connectivity index is 4.49. The van der Waals surface area contributed by atoms with E-state index in [4.69, 9.17) is 0 Å². The van der Waals surface area contributed by atoms with E-state index in [1.807, 2.05) is 0 Å². The highest BCUT2D eigenvalue weighted by Crippen LogP contribution is 2.47. The molecule has 0 saturated heterocycles. The lowest BCUT2D eigenvalue weighted by atomic mass is 10.7. The molecular formula is C6H13O6PS. The zero-order valence-electron chi connectivity index (χ0n) is 8.00. The molecule has 0 rings (SSSR count). The first-order valence-electron chi connectivity index (χ1n) is 3.57. The molecular weight excluding hydrogens is 231 g/mol. The molecule has 8 heteroatoms. The number of hydrogen-bond donors (Lipinski definition) is 0.